The Morgan fingerprint density at radius 1 is 1.33 bits per heavy atom. The van der Waals surface area contributed by atoms with E-state index in [4.69, 9.17) is 0 Å². The van der Waals surface area contributed by atoms with Crippen molar-refractivity contribution in [1.82, 2.24) is 4.57 Å². The van der Waals surface area contributed by atoms with Crippen LogP contribution in [0.25, 0.3) is 0 Å². The number of pyridine rings is 1. The Hall–Kier alpha value is -3.16. The smallest absolute Gasteiger partial charge is 0.343 e. The van der Waals surface area contributed by atoms with Gasteiger partial charge in [0, 0.05) is 18.2 Å². The highest BCUT2D eigenvalue weighted by Gasteiger charge is 2.20. The Balaban J connectivity index is 2.48. The first-order chi connectivity index (χ1) is 11.4. The number of aryl methyl sites for hydroxylation is 1. The van der Waals surface area contributed by atoms with E-state index in [-0.39, 0.29) is 23.7 Å². The number of aromatic hydroxyl groups is 1. The molecular formula is C16H16N2O6. The summed E-state index contributed by atoms with van der Waals surface area (Å²) in [6.45, 7) is 1.72. The van der Waals surface area contributed by atoms with Crippen LogP contribution in [0.2, 0.25) is 0 Å². The number of ether oxygens (including phenoxy) is 1. The zero-order valence-electron chi connectivity index (χ0n) is 13.2. The van der Waals surface area contributed by atoms with Crippen molar-refractivity contribution in [3.63, 3.8) is 0 Å². The molecule has 126 valence electrons. The van der Waals surface area contributed by atoms with Crippen LogP contribution in [0, 0.1) is 10.1 Å². The second-order valence-corrected chi connectivity index (χ2v) is 5.06. The summed E-state index contributed by atoms with van der Waals surface area (Å²) in [4.78, 5) is 34.5. The van der Waals surface area contributed by atoms with Gasteiger partial charge in [-0.05, 0) is 17.5 Å². The highest BCUT2D eigenvalue weighted by molar-refractivity contribution is 5.90. The van der Waals surface area contributed by atoms with Crippen LogP contribution in [0.4, 0.5) is 5.69 Å². The van der Waals surface area contributed by atoms with Gasteiger partial charge in [-0.2, -0.15) is 0 Å². The molecule has 0 spiro atoms. The lowest BCUT2D eigenvalue weighted by molar-refractivity contribution is -0.384. The van der Waals surface area contributed by atoms with E-state index in [1.54, 1.807) is 6.92 Å². The third-order valence-corrected chi connectivity index (χ3v) is 3.62. The Bertz CT molecular complexity index is 839. The molecule has 1 aromatic heterocycles. The standard InChI is InChI=1S/C16H16N2O6/c1-3-11-8-13(19)17(15(20)14(11)16(21)24-2)9-10-4-6-12(7-5-10)18(22)23/h4-8,19H,3,9H2,1-2H3. The Labute approximate surface area is 137 Å². The van der Waals surface area contributed by atoms with Gasteiger partial charge in [-0.3, -0.25) is 19.5 Å². The molecule has 2 aromatic rings. The summed E-state index contributed by atoms with van der Waals surface area (Å²) in [7, 11) is 1.18. The van der Waals surface area contributed by atoms with Crippen LogP contribution in [0.5, 0.6) is 5.88 Å². The SMILES string of the molecule is CCc1cc(O)n(Cc2ccc([N+](=O)[O-])cc2)c(=O)c1C(=O)OC. The van der Waals surface area contributed by atoms with Gasteiger partial charge in [0.15, 0.2) is 5.88 Å². The Kier molecular flexibility index (Phi) is 4.98. The molecule has 1 N–H and O–H groups in total. The van der Waals surface area contributed by atoms with E-state index in [0.29, 0.717) is 17.5 Å². The lowest BCUT2D eigenvalue weighted by Gasteiger charge is -2.13. The van der Waals surface area contributed by atoms with Gasteiger partial charge in [0.25, 0.3) is 11.2 Å². The number of benzene rings is 1. The number of hydrogen-bond acceptors (Lipinski definition) is 6. The number of nitro benzene ring substituents is 1. The minimum Gasteiger partial charge on any atom is -0.494 e. The molecule has 8 heteroatoms. The summed E-state index contributed by atoms with van der Waals surface area (Å²) < 4.78 is 5.66. The zero-order valence-corrected chi connectivity index (χ0v) is 13.2. The molecule has 1 heterocycles. The van der Waals surface area contributed by atoms with Gasteiger partial charge in [0.2, 0.25) is 0 Å². The molecule has 0 radical (unpaired) electrons. The van der Waals surface area contributed by atoms with Crippen molar-refractivity contribution >= 4 is 11.7 Å². The average Bonchev–Trinajstić information content (AvgIpc) is 2.57. The number of rotatable bonds is 5. The van der Waals surface area contributed by atoms with Crippen LogP contribution in [0.1, 0.15) is 28.4 Å². The first kappa shape index (κ1) is 17.2. The van der Waals surface area contributed by atoms with Crippen molar-refractivity contribution in [2.45, 2.75) is 19.9 Å². The van der Waals surface area contributed by atoms with Gasteiger partial charge in [0.05, 0.1) is 18.6 Å². The molecule has 0 amide bonds. The molecular weight excluding hydrogens is 316 g/mol. The largest absolute Gasteiger partial charge is 0.494 e. The van der Waals surface area contributed by atoms with Crippen LogP contribution in [0.3, 0.4) is 0 Å². The van der Waals surface area contributed by atoms with Gasteiger partial charge >= 0.3 is 5.97 Å². The van der Waals surface area contributed by atoms with Gasteiger partial charge in [0.1, 0.15) is 5.56 Å². The lowest BCUT2D eigenvalue weighted by Crippen LogP contribution is -2.29. The van der Waals surface area contributed by atoms with Crippen molar-refractivity contribution in [3.8, 4) is 5.88 Å². The minimum absolute atomic E-state index is 0.0311. The van der Waals surface area contributed by atoms with Crippen molar-refractivity contribution in [1.29, 1.82) is 0 Å². The molecule has 0 unspecified atom stereocenters. The number of nitro groups is 1. The number of aromatic nitrogens is 1. The van der Waals surface area contributed by atoms with Crippen molar-refractivity contribution in [3.05, 3.63) is 67.5 Å². The first-order valence-electron chi connectivity index (χ1n) is 7.16. The monoisotopic (exact) mass is 332 g/mol. The Morgan fingerprint density at radius 2 is 1.96 bits per heavy atom. The van der Waals surface area contributed by atoms with Crippen LogP contribution < -0.4 is 5.56 Å². The van der Waals surface area contributed by atoms with Gasteiger partial charge in [-0.25, -0.2) is 4.79 Å². The topological polar surface area (TPSA) is 112 Å². The fraction of sp³-hybridized carbons (Fsp3) is 0.250. The fourth-order valence-corrected chi connectivity index (χ4v) is 2.34. The molecule has 0 bridgehead atoms. The van der Waals surface area contributed by atoms with Gasteiger partial charge < -0.3 is 9.84 Å². The van der Waals surface area contributed by atoms with Crippen LogP contribution in [-0.2, 0) is 17.7 Å². The quantitative estimate of drug-likeness (QED) is 0.508. The number of carbonyl (C=O) groups excluding carboxylic acids is 1. The third-order valence-electron chi connectivity index (χ3n) is 3.62. The predicted molar refractivity (Wildman–Crippen MR) is 85.3 cm³/mol. The van der Waals surface area contributed by atoms with Crippen molar-refractivity contribution < 1.29 is 19.6 Å². The van der Waals surface area contributed by atoms with E-state index in [1.807, 2.05) is 0 Å². The summed E-state index contributed by atoms with van der Waals surface area (Å²) in [5, 5.41) is 20.7. The fourth-order valence-electron chi connectivity index (χ4n) is 2.34. The maximum atomic E-state index is 12.5. The van der Waals surface area contributed by atoms with E-state index in [1.165, 1.54) is 37.4 Å². The average molecular weight is 332 g/mol. The van der Waals surface area contributed by atoms with Crippen LogP contribution >= 0.6 is 0 Å². The number of nitrogens with zero attached hydrogens (tertiary/aromatic N) is 2. The second-order valence-electron chi connectivity index (χ2n) is 5.06. The number of hydrogen-bond donors (Lipinski definition) is 1. The molecule has 0 aliphatic carbocycles. The van der Waals surface area contributed by atoms with E-state index in [0.717, 1.165) is 4.57 Å². The molecule has 0 atom stereocenters. The van der Waals surface area contributed by atoms with Gasteiger partial charge in [-0.1, -0.05) is 19.1 Å². The Morgan fingerprint density at radius 3 is 2.46 bits per heavy atom. The van der Waals surface area contributed by atoms with Gasteiger partial charge in [-0.15, -0.1) is 0 Å². The summed E-state index contributed by atoms with van der Waals surface area (Å²) in [5.41, 5.74) is 0.0889. The predicted octanol–water partition coefficient (Wildman–Crippen LogP) is 1.86. The van der Waals surface area contributed by atoms with E-state index >= 15 is 0 Å². The van der Waals surface area contributed by atoms with Crippen LogP contribution in [-0.4, -0.2) is 27.7 Å². The summed E-state index contributed by atoms with van der Waals surface area (Å²) in [6, 6.07) is 6.92. The summed E-state index contributed by atoms with van der Waals surface area (Å²) in [6.07, 6.45) is 0.381. The van der Waals surface area contributed by atoms with Crippen LogP contribution in [0.15, 0.2) is 35.1 Å². The molecule has 24 heavy (non-hydrogen) atoms. The number of esters is 1. The maximum absolute atomic E-state index is 12.5. The molecule has 0 saturated heterocycles. The minimum atomic E-state index is -0.769. The zero-order chi connectivity index (χ0) is 17.9. The normalized spacial score (nSPS) is 10.4. The number of non-ortho nitro benzene ring substituents is 1. The van der Waals surface area contributed by atoms with E-state index < -0.39 is 16.5 Å². The molecule has 0 saturated carbocycles. The second kappa shape index (κ2) is 6.95. The maximum Gasteiger partial charge on any atom is 0.343 e. The first-order valence-corrected chi connectivity index (χ1v) is 7.16. The van der Waals surface area contributed by atoms with E-state index in [9.17, 15) is 24.8 Å². The third kappa shape index (κ3) is 3.27. The molecule has 0 aliphatic heterocycles. The van der Waals surface area contributed by atoms with Crippen molar-refractivity contribution in [2.24, 2.45) is 0 Å². The highest BCUT2D eigenvalue weighted by Crippen LogP contribution is 2.18. The highest BCUT2D eigenvalue weighted by atomic mass is 16.6. The number of methoxy groups -OCH3 is 1. The summed E-state index contributed by atoms with van der Waals surface area (Å²) >= 11 is 0. The molecule has 0 fully saturated rings. The van der Waals surface area contributed by atoms with E-state index in [2.05, 4.69) is 4.74 Å². The van der Waals surface area contributed by atoms with Crippen molar-refractivity contribution in [2.75, 3.05) is 7.11 Å². The lowest BCUT2D eigenvalue weighted by atomic mass is 10.1. The molecule has 8 nitrogen and oxygen atoms in total. The summed E-state index contributed by atoms with van der Waals surface area (Å²) in [5.74, 6) is -1.06. The molecule has 2 rings (SSSR count). The molecule has 0 aliphatic rings. The molecule has 1 aromatic carbocycles. The number of carbonyl (C=O) groups is 1.